The molecule has 0 bridgehead atoms. The molecule has 0 heterocycles. The summed E-state index contributed by atoms with van der Waals surface area (Å²) in [4.78, 5) is 22.6. The van der Waals surface area contributed by atoms with Gasteiger partial charge in [0.05, 0.1) is 28.9 Å². The van der Waals surface area contributed by atoms with Crippen molar-refractivity contribution >= 4 is 29.2 Å². The molecule has 1 aromatic carbocycles. The van der Waals surface area contributed by atoms with Gasteiger partial charge in [0, 0.05) is 0 Å². The van der Waals surface area contributed by atoms with Crippen molar-refractivity contribution in [2.45, 2.75) is 19.4 Å². The fourth-order valence-electron chi connectivity index (χ4n) is 1.49. The van der Waals surface area contributed by atoms with E-state index in [9.17, 15) is 9.59 Å². The van der Waals surface area contributed by atoms with Crippen LogP contribution in [-0.4, -0.2) is 29.6 Å². The van der Waals surface area contributed by atoms with Gasteiger partial charge < -0.3 is 10.4 Å². The number of hydrogen-bond acceptors (Lipinski definition) is 3. The predicted octanol–water partition coefficient (Wildman–Crippen LogP) is 1.98. The molecule has 0 spiro atoms. The minimum absolute atomic E-state index is 0.0241. The molecule has 1 rings (SSSR count). The molecule has 5 nitrogen and oxygen atoms in total. The zero-order chi connectivity index (χ0) is 15.1. The fourth-order valence-corrected chi connectivity index (χ4v) is 1.65. The Hall–Kier alpha value is -2.03. The molecule has 20 heavy (non-hydrogen) atoms. The number of carboxylic acid groups (broad SMARTS) is 1. The van der Waals surface area contributed by atoms with Gasteiger partial charge in [0.15, 0.2) is 0 Å². The topological polar surface area (TPSA) is 78.4 Å². The van der Waals surface area contributed by atoms with Gasteiger partial charge >= 0.3 is 5.97 Å². The molecule has 0 aromatic heterocycles. The van der Waals surface area contributed by atoms with Gasteiger partial charge in [-0.3, -0.25) is 10.1 Å². The van der Waals surface area contributed by atoms with E-state index in [1.54, 1.807) is 0 Å². The molecule has 0 aliphatic carbocycles. The SMILES string of the molecule is C#CC(CC)NCC(=O)Nc1cc(C(=O)O)ccc1Cl. The Morgan fingerprint density at radius 3 is 2.75 bits per heavy atom. The van der Waals surface area contributed by atoms with Gasteiger partial charge in [0.2, 0.25) is 5.91 Å². The third-order valence-corrected chi connectivity index (χ3v) is 2.94. The van der Waals surface area contributed by atoms with Crippen LogP contribution in [0, 0.1) is 12.3 Å². The van der Waals surface area contributed by atoms with Crippen LogP contribution >= 0.6 is 11.6 Å². The molecule has 0 aliphatic heterocycles. The van der Waals surface area contributed by atoms with E-state index in [2.05, 4.69) is 16.6 Å². The molecule has 0 radical (unpaired) electrons. The molecule has 0 fully saturated rings. The van der Waals surface area contributed by atoms with Crippen LogP contribution in [0.15, 0.2) is 18.2 Å². The van der Waals surface area contributed by atoms with Crippen molar-refractivity contribution < 1.29 is 14.7 Å². The maximum absolute atomic E-state index is 11.7. The number of carbonyl (C=O) groups is 2. The Morgan fingerprint density at radius 2 is 2.20 bits per heavy atom. The summed E-state index contributed by atoms with van der Waals surface area (Å²) in [5, 5.41) is 14.6. The average Bonchev–Trinajstić information content (AvgIpc) is 2.42. The summed E-state index contributed by atoms with van der Waals surface area (Å²) in [6.45, 7) is 1.93. The van der Waals surface area contributed by atoms with Crippen molar-refractivity contribution in [3.05, 3.63) is 28.8 Å². The van der Waals surface area contributed by atoms with Gasteiger partial charge in [-0.2, -0.15) is 0 Å². The molecular formula is C14H15ClN2O3. The highest BCUT2D eigenvalue weighted by atomic mass is 35.5. The van der Waals surface area contributed by atoms with E-state index in [1.165, 1.54) is 18.2 Å². The summed E-state index contributed by atoms with van der Waals surface area (Å²) >= 11 is 5.90. The van der Waals surface area contributed by atoms with E-state index in [-0.39, 0.29) is 34.8 Å². The number of anilines is 1. The predicted molar refractivity (Wildman–Crippen MR) is 78.0 cm³/mol. The van der Waals surface area contributed by atoms with Gasteiger partial charge in [-0.05, 0) is 24.6 Å². The number of benzene rings is 1. The summed E-state index contributed by atoms with van der Waals surface area (Å²) < 4.78 is 0. The third-order valence-electron chi connectivity index (χ3n) is 2.61. The van der Waals surface area contributed by atoms with E-state index < -0.39 is 5.97 Å². The lowest BCUT2D eigenvalue weighted by Gasteiger charge is -2.11. The first-order chi connectivity index (χ1) is 9.47. The number of terminal acetylenes is 1. The Labute approximate surface area is 122 Å². The van der Waals surface area contributed by atoms with E-state index in [0.717, 1.165) is 0 Å². The number of carbonyl (C=O) groups excluding carboxylic acids is 1. The number of nitrogens with one attached hydrogen (secondary N) is 2. The van der Waals surface area contributed by atoms with Crippen molar-refractivity contribution in [2.24, 2.45) is 0 Å². The highest BCUT2D eigenvalue weighted by Crippen LogP contribution is 2.22. The number of aromatic carboxylic acids is 1. The van der Waals surface area contributed by atoms with E-state index in [0.29, 0.717) is 6.42 Å². The van der Waals surface area contributed by atoms with Crippen LogP contribution in [0.2, 0.25) is 5.02 Å². The highest BCUT2D eigenvalue weighted by Gasteiger charge is 2.11. The Balaban J connectivity index is 2.68. The van der Waals surface area contributed by atoms with Gasteiger partial charge in [-0.15, -0.1) is 6.42 Å². The van der Waals surface area contributed by atoms with Crippen LogP contribution in [0.5, 0.6) is 0 Å². The lowest BCUT2D eigenvalue weighted by atomic mass is 10.2. The van der Waals surface area contributed by atoms with Crippen LogP contribution in [0.1, 0.15) is 23.7 Å². The second-order valence-corrected chi connectivity index (χ2v) is 4.46. The number of halogens is 1. The standard InChI is InChI=1S/C14H15ClN2O3/c1-3-10(4-2)16-8-13(18)17-12-7-9(14(19)20)5-6-11(12)15/h1,5-7,10,16H,4,8H2,2H3,(H,17,18)(H,19,20). The second kappa shape index (κ2) is 7.53. The summed E-state index contributed by atoms with van der Waals surface area (Å²) in [6.07, 6.45) is 5.98. The number of hydrogen-bond donors (Lipinski definition) is 3. The Bertz CT molecular complexity index is 552. The number of rotatable bonds is 6. The minimum Gasteiger partial charge on any atom is -0.478 e. The monoisotopic (exact) mass is 294 g/mol. The smallest absolute Gasteiger partial charge is 0.335 e. The molecule has 0 aliphatic rings. The molecule has 106 valence electrons. The minimum atomic E-state index is -1.09. The van der Waals surface area contributed by atoms with E-state index >= 15 is 0 Å². The van der Waals surface area contributed by atoms with Crippen molar-refractivity contribution in [2.75, 3.05) is 11.9 Å². The summed E-state index contributed by atoms with van der Waals surface area (Å²) in [5.41, 5.74) is 0.305. The summed E-state index contributed by atoms with van der Waals surface area (Å²) in [6, 6.07) is 3.91. The summed E-state index contributed by atoms with van der Waals surface area (Å²) in [7, 11) is 0. The van der Waals surface area contributed by atoms with Gasteiger partial charge in [-0.25, -0.2) is 4.79 Å². The highest BCUT2D eigenvalue weighted by molar-refractivity contribution is 6.33. The molecule has 0 saturated carbocycles. The Morgan fingerprint density at radius 1 is 1.50 bits per heavy atom. The van der Waals surface area contributed by atoms with Crippen LogP contribution in [0.4, 0.5) is 5.69 Å². The molecule has 6 heteroatoms. The van der Waals surface area contributed by atoms with E-state index in [1.807, 2.05) is 6.92 Å². The number of amides is 1. The first-order valence-corrected chi connectivity index (χ1v) is 6.38. The zero-order valence-corrected chi connectivity index (χ0v) is 11.7. The van der Waals surface area contributed by atoms with Crippen molar-refractivity contribution in [3.63, 3.8) is 0 Å². The van der Waals surface area contributed by atoms with Gasteiger partial charge in [0.25, 0.3) is 0 Å². The molecule has 1 amide bonds. The molecule has 0 saturated heterocycles. The van der Waals surface area contributed by atoms with Crippen LogP contribution in [0.25, 0.3) is 0 Å². The first kappa shape index (κ1) is 16.0. The van der Waals surface area contributed by atoms with E-state index in [4.69, 9.17) is 23.1 Å². The summed E-state index contributed by atoms with van der Waals surface area (Å²) in [5.74, 6) is 1.08. The fraction of sp³-hybridized carbons (Fsp3) is 0.286. The quantitative estimate of drug-likeness (QED) is 0.701. The van der Waals surface area contributed by atoms with Crippen LogP contribution in [-0.2, 0) is 4.79 Å². The Kier molecular flexibility index (Phi) is 6.04. The lowest BCUT2D eigenvalue weighted by Crippen LogP contribution is -2.35. The van der Waals surface area contributed by atoms with Gasteiger partial charge in [-0.1, -0.05) is 24.4 Å². The van der Waals surface area contributed by atoms with Crippen molar-refractivity contribution in [3.8, 4) is 12.3 Å². The van der Waals surface area contributed by atoms with Crippen molar-refractivity contribution in [1.29, 1.82) is 0 Å². The van der Waals surface area contributed by atoms with Crippen LogP contribution in [0.3, 0.4) is 0 Å². The molecule has 3 N–H and O–H groups in total. The third kappa shape index (κ3) is 4.57. The van der Waals surface area contributed by atoms with Crippen molar-refractivity contribution in [1.82, 2.24) is 5.32 Å². The maximum Gasteiger partial charge on any atom is 0.335 e. The molecule has 1 aromatic rings. The zero-order valence-electron chi connectivity index (χ0n) is 10.9. The second-order valence-electron chi connectivity index (χ2n) is 4.06. The lowest BCUT2D eigenvalue weighted by molar-refractivity contribution is -0.115. The maximum atomic E-state index is 11.7. The molecule has 1 unspecified atom stereocenters. The van der Waals surface area contributed by atoms with Crippen LogP contribution < -0.4 is 10.6 Å². The van der Waals surface area contributed by atoms with Gasteiger partial charge in [0.1, 0.15) is 0 Å². The first-order valence-electron chi connectivity index (χ1n) is 6.00. The molecule has 1 atom stereocenters. The number of carboxylic acids is 1. The molecular weight excluding hydrogens is 280 g/mol. The largest absolute Gasteiger partial charge is 0.478 e. The normalized spacial score (nSPS) is 11.4. The average molecular weight is 295 g/mol.